The van der Waals surface area contributed by atoms with E-state index in [9.17, 15) is 32.3 Å². The molecule has 1 saturated carbocycles. The largest absolute Gasteiger partial charge is 0.496 e. The molecule has 2 saturated heterocycles. The second kappa shape index (κ2) is 11.7. The maximum Gasteiger partial charge on any atom is 0.416 e. The number of alkyl halides is 3. The minimum atomic E-state index is -4.51. The molecule has 0 spiro atoms. The molecule has 0 unspecified atom stereocenters. The van der Waals surface area contributed by atoms with Crippen molar-refractivity contribution in [3.8, 4) is 5.75 Å². The zero-order valence-electron chi connectivity index (χ0n) is 23.5. The molecule has 3 fully saturated rings. The van der Waals surface area contributed by atoms with E-state index in [1.54, 1.807) is 6.07 Å². The number of hydrogen-bond acceptors (Lipinski definition) is 6. The maximum atomic E-state index is 13.9. The molecule has 2 aromatic carbocycles. The first kappa shape index (κ1) is 30.1. The van der Waals surface area contributed by atoms with Crippen molar-refractivity contribution in [2.45, 2.75) is 63.0 Å². The van der Waals surface area contributed by atoms with Crippen molar-refractivity contribution in [2.24, 2.45) is 5.92 Å². The van der Waals surface area contributed by atoms with Crippen molar-refractivity contribution < 1.29 is 41.7 Å². The lowest BCUT2D eigenvalue weighted by atomic mass is 9.85. The Morgan fingerprint density at radius 2 is 1.90 bits per heavy atom. The van der Waals surface area contributed by atoms with E-state index in [2.05, 4.69) is 15.1 Å². The molecular formula is C30H35F4N3O5. The lowest BCUT2D eigenvalue weighted by Gasteiger charge is -2.48. The summed E-state index contributed by atoms with van der Waals surface area (Å²) in [6.45, 7) is 4.27. The number of carbonyl (C=O) groups is 2. The zero-order valence-corrected chi connectivity index (χ0v) is 23.5. The Morgan fingerprint density at radius 1 is 1.14 bits per heavy atom. The van der Waals surface area contributed by atoms with E-state index in [-0.39, 0.29) is 47.3 Å². The summed E-state index contributed by atoms with van der Waals surface area (Å²) in [5.74, 6) is -2.06. The minimum Gasteiger partial charge on any atom is -0.496 e. The number of methoxy groups -OCH3 is 1. The lowest BCUT2D eigenvalue weighted by Crippen LogP contribution is -2.60. The van der Waals surface area contributed by atoms with Crippen molar-refractivity contribution >= 4 is 17.6 Å². The summed E-state index contributed by atoms with van der Waals surface area (Å²) in [6.07, 6.45) is -1.57. The van der Waals surface area contributed by atoms with Gasteiger partial charge in [0.2, 0.25) is 0 Å². The van der Waals surface area contributed by atoms with Gasteiger partial charge in [0.05, 0.1) is 24.8 Å². The fourth-order valence-electron chi connectivity index (χ4n) is 6.28. The van der Waals surface area contributed by atoms with Gasteiger partial charge in [-0.15, -0.1) is 0 Å². The summed E-state index contributed by atoms with van der Waals surface area (Å²) in [7, 11) is 1.37. The van der Waals surface area contributed by atoms with E-state index in [0.29, 0.717) is 38.3 Å². The molecule has 1 aliphatic carbocycles. The second-order valence-electron chi connectivity index (χ2n) is 11.4. The SMILES string of the molecule is COc1ccc(C(F)(F)F)cc1CNC(=O)[C@@]1(C2CC2)CC[C@@H](N2CCN(c3ccc(F)c(C(=O)O)c3)[C@@H](C)C2)CO1. The fourth-order valence-corrected chi connectivity index (χ4v) is 6.28. The highest BCUT2D eigenvalue weighted by atomic mass is 19.4. The van der Waals surface area contributed by atoms with Crippen LogP contribution in [0, 0.1) is 11.7 Å². The van der Waals surface area contributed by atoms with Crippen molar-refractivity contribution in [3.63, 3.8) is 0 Å². The minimum absolute atomic E-state index is 0.0340. The average molecular weight is 594 g/mol. The van der Waals surface area contributed by atoms with Gasteiger partial charge in [0.25, 0.3) is 5.91 Å². The van der Waals surface area contributed by atoms with E-state index in [1.807, 2.05) is 6.92 Å². The van der Waals surface area contributed by atoms with Crippen LogP contribution in [0.1, 0.15) is 54.1 Å². The molecular weight excluding hydrogens is 558 g/mol. The Balaban J connectivity index is 1.20. The molecule has 8 nitrogen and oxygen atoms in total. The van der Waals surface area contributed by atoms with Crippen LogP contribution in [0.4, 0.5) is 23.2 Å². The molecule has 0 aromatic heterocycles. The number of ether oxygens (including phenoxy) is 2. The van der Waals surface area contributed by atoms with E-state index in [1.165, 1.54) is 25.3 Å². The van der Waals surface area contributed by atoms with Crippen molar-refractivity contribution in [2.75, 3.05) is 38.3 Å². The molecule has 3 atom stereocenters. The Hall–Kier alpha value is -3.38. The van der Waals surface area contributed by atoms with E-state index < -0.39 is 29.1 Å². The van der Waals surface area contributed by atoms with Crippen LogP contribution in [0.2, 0.25) is 0 Å². The second-order valence-corrected chi connectivity index (χ2v) is 11.4. The lowest BCUT2D eigenvalue weighted by molar-refractivity contribution is -0.165. The highest BCUT2D eigenvalue weighted by molar-refractivity contribution is 5.89. The number of nitrogens with one attached hydrogen (secondary N) is 1. The van der Waals surface area contributed by atoms with Gasteiger partial charge in [0.1, 0.15) is 17.2 Å². The number of carboxylic acids is 1. The standard InChI is InChI=1S/C30H35F4N3O5/c1-18-16-36(11-12-37(18)22-6-7-25(31)24(14-22)27(38)39)23-9-10-29(42-17-23,20-3-4-20)28(40)35-15-19-13-21(30(32,33)34)5-8-26(19)41-2/h5-8,13-14,18,20,23H,3-4,9-12,15-17H2,1-2H3,(H,35,40)(H,38,39)/t18-,23+,29-/m0/s1. The molecule has 228 valence electrons. The van der Waals surface area contributed by atoms with Crippen molar-refractivity contribution in [1.29, 1.82) is 0 Å². The number of aromatic carboxylic acids is 1. The van der Waals surface area contributed by atoms with Gasteiger partial charge in [-0.2, -0.15) is 13.2 Å². The number of benzene rings is 2. The number of carbonyl (C=O) groups excluding carboxylic acids is 1. The third kappa shape index (κ3) is 6.05. The topological polar surface area (TPSA) is 91.3 Å². The van der Waals surface area contributed by atoms with Crippen molar-refractivity contribution in [3.05, 3.63) is 58.9 Å². The molecule has 3 aliphatic rings. The first-order valence-corrected chi connectivity index (χ1v) is 14.1. The summed E-state index contributed by atoms with van der Waals surface area (Å²) in [5.41, 5.74) is -1.28. The number of hydrogen-bond donors (Lipinski definition) is 2. The van der Waals surface area contributed by atoms with E-state index in [4.69, 9.17) is 9.47 Å². The van der Waals surface area contributed by atoms with Crippen LogP contribution >= 0.6 is 0 Å². The summed E-state index contributed by atoms with van der Waals surface area (Å²) >= 11 is 0. The third-order valence-corrected chi connectivity index (χ3v) is 8.74. The molecule has 42 heavy (non-hydrogen) atoms. The average Bonchev–Trinajstić information content (AvgIpc) is 3.82. The van der Waals surface area contributed by atoms with Gasteiger partial charge in [-0.1, -0.05) is 0 Å². The smallest absolute Gasteiger partial charge is 0.416 e. The number of anilines is 1. The van der Waals surface area contributed by atoms with E-state index in [0.717, 1.165) is 31.4 Å². The summed E-state index contributed by atoms with van der Waals surface area (Å²) in [5, 5.41) is 12.1. The number of halogens is 4. The summed E-state index contributed by atoms with van der Waals surface area (Å²) < 4.78 is 65.3. The predicted molar refractivity (Wildman–Crippen MR) is 146 cm³/mol. The molecule has 1 amide bonds. The normalized spacial score (nSPS) is 25.2. The number of piperazine rings is 1. The van der Waals surface area contributed by atoms with Crippen LogP contribution in [-0.2, 0) is 22.3 Å². The molecule has 0 bridgehead atoms. The van der Waals surface area contributed by atoms with Gasteiger partial charge in [-0.05, 0) is 74.9 Å². The number of amides is 1. The molecule has 2 aromatic rings. The van der Waals surface area contributed by atoms with Crippen LogP contribution in [-0.4, -0.2) is 72.9 Å². The fraction of sp³-hybridized carbons (Fsp3) is 0.533. The molecule has 2 N–H and O–H groups in total. The van der Waals surface area contributed by atoms with E-state index >= 15 is 0 Å². The van der Waals surface area contributed by atoms with Gasteiger partial charge < -0.3 is 24.8 Å². The van der Waals surface area contributed by atoms with Gasteiger partial charge in [-0.25, -0.2) is 9.18 Å². The number of carboxylic acid groups (broad SMARTS) is 1. The van der Waals surface area contributed by atoms with Crippen LogP contribution in [0.3, 0.4) is 0 Å². The predicted octanol–water partition coefficient (Wildman–Crippen LogP) is 4.71. The molecule has 12 heteroatoms. The van der Waals surface area contributed by atoms with Crippen LogP contribution in [0.25, 0.3) is 0 Å². The Bertz CT molecular complexity index is 1320. The van der Waals surface area contributed by atoms with Crippen molar-refractivity contribution in [1.82, 2.24) is 10.2 Å². The van der Waals surface area contributed by atoms with Gasteiger partial charge >= 0.3 is 12.1 Å². The third-order valence-electron chi connectivity index (χ3n) is 8.74. The van der Waals surface area contributed by atoms with Crippen LogP contribution < -0.4 is 15.0 Å². The highest BCUT2D eigenvalue weighted by Gasteiger charge is 2.54. The molecule has 2 aliphatic heterocycles. The molecule has 0 radical (unpaired) electrons. The summed E-state index contributed by atoms with van der Waals surface area (Å²) in [6, 6.07) is 7.46. The maximum absolute atomic E-state index is 13.9. The first-order chi connectivity index (χ1) is 19.9. The Kier molecular flexibility index (Phi) is 8.39. The van der Waals surface area contributed by atoms with Gasteiger partial charge in [-0.3, -0.25) is 9.69 Å². The molecule has 5 rings (SSSR count). The first-order valence-electron chi connectivity index (χ1n) is 14.1. The Morgan fingerprint density at radius 3 is 2.50 bits per heavy atom. The Labute approximate surface area is 241 Å². The van der Waals surface area contributed by atoms with Crippen LogP contribution in [0.15, 0.2) is 36.4 Å². The van der Waals surface area contributed by atoms with Gasteiger partial charge in [0, 0.05) is 49.5 Å². The zero-order chi connectivity index (χ0) is 30.2. The quantitative estimate of drug-likeness (QED) is 0.429. The highest BCUT2D eigenvalue weighted by Crippen LogP contribution is 2.47. The monoisotopic (exact) mass is 593 g/mol. The number of rotatable bonds is 8. The molecule has 2 heterocycles. The van der Waals surface area contributed by atoms with Crippen LogP contribution in [0.5, 0.6) is 5.75 Å². The number of nitrogens with zero attached hydrogens (tertiary/aromatic N) is 2. The van der Waals surface area contributed by atoms with Gasteiger partial charge in [0.15, 0.2) is 0 Å². The summed E-state index contributed by atoms with van der Waals surface area (Å²) in [4.78, 5) is 29.3.